The van der Waals surface area contributed by atoms with Crippen LogP contribution in [0.4, 0.5) is 8.78 Å². The zero-order valence-corrected chi connectivity index (χ0v) is 13.9. The SMILES string of the molecule is O=C(NCCNC(=O)c1ccccc1F)c1nc(-c2ccccc2F)no1. The lowest BCUT2D eigenvalue weighted by molar-refractivity contribution is 0.0897. The Labute approximate surface area is 152 Å². The Balaban J connectivity index is 1.51. The van der Waals surface area contributed by atoms with Crippen LogP contribution < -0.4 is 10.6 Å². The number of carbonyl (C=O) groups excluding carboxylic acids is 2. The van der Waals surface area contributed by atoms with Crippen LogP contribution in [0.3, 0.4) is 0 Å². The number of halogens is 2. The van der Waals surface area contributed by atoms with Gasteiger partial charge in [0, 0.05) is 13.1 Å². The molecule has 0 saturated heterocycles. The van der Waals surface area contributed by atoms with Gasteiger partial charge in [-0.1, -0.05) is 29.4 Å². The van der Waals surface area contributed by atoms with E-state index in [1.165, 1.54) is 36.4 Å². The molecular weight excluding hydrogens is 358 g/mol. The summed E-state index contributed by atoms with van der Waals surface area (Å²) < 4.78 is 32.0. The fourth-order valence-electron chi connectivity index (χ4n) is 2.24. The van der Waals surface area contributed by atoms with Crippen molar-refractivity contribution in [2.24, 2.45) is 0 Å². The van der Waals surface area contributed by atoms with Gasteiger partial charge in [0.15, 0.2) is 0 Å². The predicted molar refractivity (Wildman–Crippen MR) is 90.8 cm³/mol. The van der Waals surface area contributed by atoms with Crippen LogP contribution in [-0.4, -0.2) is 35.0 Å². The number of aromatic nitrogens is 2. The fourth-order valence-corrected chi connectivity index (χ4v) is 2.24. The molecule has 138 valence electrons. The fraction of sp³-hybridized carbons (Fsp3) is 0.111. The Hall–Kier alpha value is -3.62. The Morgan fingerprint density at radius 2 is 1.52 bits per heavy atom. The number of nitrogens with one attached hydrogen (secondary N) is 2. The molecule has 0 bridgehead atoms. The molecule has 7 nitrogen and oxygen atoms in total. The van der Waals surface area contributed by atoms with Crippen molar-refractivity contribution in [1.29, 1.82) is 0 Å². The first-order valence-corrected chi connectivity index (χ1v) is 7.96. The first kappa shape index (κ1) is 18.2. The van der Waals surface area contributed by atoms with E-state index in [0.29, 0.717) is 0 Å². The molecule has 2 aromatic carbocycles. The largest absolute Gasteiger partial charge is 0.350 e. The van der Waals surface area contributed by atoms with Gasteiger partial charge in [-0.3, -0.25) is 9.59 Å². The molecule has 0 radical (unpaired) electrons. The lowest BCUT2D eigenvalue weighted by atomic mass is 10.2. The summed E-state index contributed by atoms with van der Waals surface area (Å²) in [4.78, 5) is 27.6. The van der Waals surface area contributed by atoms with E-state index in [4.69, 9.17) is 4.52 Å². The van der Waals surface area contributed by atoms with Crippen molar-refractivity contribution in [2.45, 2.75) is 0 Å². The van der Waals surface area contributed by atoms with Crippen molar-refractivity contribution in [3.05, 3.63) is 71.6 Å². The first-order chi connectivity index (χ1) is 13.1. The van der Waals surface area contributed by atoms with Gasteiger partial charge >= 0.3 is 11.8 Å². The number of benzene rings is 2. The maximum Gasteiger partial charge on any atom is 0.316 e. The van der Waals surface area contributed by atoms with E-state index in [2.05, 4.69) is 20.8 Å². The average molecular weight is 372 g/mol. The summed E-state index contributed by atoms with van der Waals surface area (Å²) in [6, 6.07) is 11.4. The standard InChI is InChI=1S/C18H14F2N4O3/c19-13-7-3-1-5-11(13)15-23-18(27-24-15)17(26)22-10-9-21-16(25)12-6-2-4-8-14(12)20/h1-8H,9-10H2,(H,21,25)(H,22,26). The Morgan fingerprint density at radius 3 is 2.22 bits per heavy atom. The van der Waals surface area contributed by atoms with Crippen LogP contribution in [0.1, 0.15) is 21.0 Å². The molecule has 2 N–H and O–H groups in total. The number of amides is 2. The zero-order chi connectivity index (χ0) is 19.2. The lowest BCUT2D eigenvalue weighted by Crippen LogP contribution is -2.35. The van der Waals surface area contributed by atoms with Gasteiger partial charge in [0.1, 0.15) is 11.6 Å². The number of carbonyl (C=O) groups is 2. The minimum atomic E-state index is -0.676. The van der Waals surface area contributed by atoms with E-state index < -0.39 is 23.4 Å². The van der Waals surface area contributed by atoms with Gasteiger partial charge in [-0.15, -0.1) is 0 Å². The molecule has 2 amide bonds. The number of hydrogen-bond donors (Lipinski definition) is 2. The van der Waals surface area contributed by atoms with Gasteiger partial charge in [-0.05, 0) is 24.3 Å². The van der Waals surface area contributed by atoms with E-state index in [1.807, 2.05) is 0 Å². The van der Waals surface area contributed by atoms with Crippen LogP contribution in [0.15, 0.2) is 53.1 Å². The van der Waals surface area contributed by atoms with Gasteiger partial charge in [0.25, 0.3) is 5.91 Å². The highest BCUT2D eigenvalue weighted by atomic mass is 19.1. The Kier molecular flexibility index (Phi) is 5.50. The summed E-state index contributed by atoms with van der Waals surface area (Å²) in [7, 11) is 0. The second-order valence-corrected chi connectivity index (χ2v) is 5.39. The summed E-state index contributed by atoms with van der Waals surface area (Å²) >= 11 is 0. The lowest BCUT2D eigenvalue weighted by Gasteiger charge is -2.06. The van der Waals surface area contributed by atoms with Crippen LogP contribution >= 0.6 is 0 Å². The highest BCUT2D eigenvalue weighted by molar-refractivity contribution is 5.94. The van der Waals surface area contributed by atoms with Crippen LogP contribution in [0, 0.1) is 11.6 Å². The van der Waals surface area contributed by atoms with Gasteiger partial charge in [0.05, 0.1) is 11.1 Å². The summed E-state index contributed by atoms with van der Waals surface area (Å²) in [5, 5.41) is 8.51. The molecule has 1 aromatic heterocycles. The monoisotopic (exact) mass is 372 g/mol. The molecule has 0 atom stereocenters. The molecule has 3 rings (SSSR count). The summed E-state index contributed by atoms with van der Waals surface area (Å²) in [6.07, 6.45) is 0. The van der Waals surface area contributed by atoms with E-state index in [-0.39, 0.29) is 35.9 Å². The second-order valence-electron chi connectivity index (χ2n) is 5.39. The Bertz CT molecular complexity index is 975. The van der Waals surface area contributed by atoms with Crippen LogP contribution in [0.2, 0.25) is 0 Å². The molecule has 0 saturated carbocycles. The first-order valence-electron chi connectivity index (χ1n) is 7.96. The molecule has 0 fully saturated rings. The number of rotatable bonds is 6. The van der Waals surface area contributed by atoms with E-state index in [9.17, 15) is 18.4 Å². The molecule has 0 spiro atoms. The summed E-state index contributed by atoms with van der Waals surface area (Å²) in [5.74, 6) is -2.83. The van der Waals surface area contributed by atoms with E-state index >= 15 is 0 Å². The van der Waals surface area contributed by atoms with E-state index in [0.717, 1.165) is 0 Å². The third kappa shape index (κ3) is 4.32. The van der Waals surface area contributed by atoms with Crippen LogP contribution in [-0.2, 0) is 0 Å². The summed E-state index contributed by atoms with van der Waals surface area (Å²) in [5.41, 5.74) is 0.0210. The predicted octanol–water partition coefficient (Wildman–Crippen LogP) is 2.17. The quantitative estimate of drug-likeness (QED) is 0.647. The number of hydrogen-bond acceptors (Lipinski definition) is 5. The smallest absolute Gasteiger partial charge is 0.316 e. The van der Waals surface area contributed by atoms with Crippen LogP contribution in [0.5, 0.6) is 0 Å². The number of nitrogens with zero attached hydrogens (tertiary/aromatic N) is 2. The highest BCUT2D eigenvalue weighted by Gasteiger charge is 2.17. The topological polar surface area (TPSA) is 97.1 Å². The Morgan fingerprint density at radius 1 is 0.889 bits per heavy atom. The maximum absolute atomic E-state index is 13.7. The van der Waals surface area contributed by atoms with Crippen molar-refractivity contribution in [2.75, 3.05) is 13.1 Å². The molecule has 9 heteroatoms. The molecule has 0 unspecified atom stereocenters. The van der Waals surface area contributed by atoms with Crippen molar-refractivity contribution < 1.29 is 22.9 Å². The van der Waals surface area contributed by atoms with Gasteiger partial charge in [-0.2, -0.15) is 4.98 Å². The van der Waals surface area contributed by atoms with Crippen molar-refractivity contribution >= 4 is 11.8 Å². The molecule has 1 heterocycles. The second kappa shape index (κ2) is 8.17. The molecular formula is C18H14F2N4O3. The highest BCUT2D eigenvalue weighted by Crippen LogP contribution is 2.19. The average Bonchev–Trinajstić information content (AvgIpc) is 3.15. The third-order valence-corrected chi connectivity index (χ3v) is 3.55. The van der Waals surface area contributed by atoms with Gasteiger partial charge in [0.2, 0.25) is 5.82 Å². The normalized spacial score (nSPS) is 10.4. The molecule has 0 aliphatic heterocycles. The van der Waals surface area contributed by atoms with Crippen molar-refractivity contribution in [1.82, 2.24) is 20.8 Å². The summed E-state index contributed by atoms with van der Waals surface area (Å²) in [6.45, 7) is 0.115. The minimum absolute atomic E-state index is 0.0499. The third-order valence-electron chi connectivity index (χ3n) is 3.55. The van der Waals surface area contributed by atoms with Crippen molar-refractivity contribution in [3.63, 3.8) is 0 Å². The molecule has 3 aromatic rings. The van der Waals surface area contributed by atoms with Crippen LogP contribution in [0.25, 0.3) is 11.4 Å². The van der Waals surface area contributed by atoms with E-state index in [1.54, 1.807) is 12.1 Å². The zero-order valence-electron chi connectivity index (χ0n) is 13.9. The molecule has 0 aliphatic carbocycles. The molecule has 27 heavy (non-hydrogen) atoms. The molecule has 0 aliphatic rings. The van der Waals surface area contributed by atoms with Crippen molar-refractivity contribution in [3.8, 4) is 11.4 Å². The van der Waals surface area contributed by atoms with Gasteiger partial charge < -0.3 is 15.2 Å². The van der Waals surface area contributed by atoms with Gasteiger partial charge in [-0.25, -0.2) is 8.78 Å². The minimum Gasteiger partial charge on any atom is -0.350 e. The maximum atomic E-state index is 13.7.